The van der Waals surface area contributed by atoms with Crippen molar-refractivity contribution in [3.8, 4) is 10.6 Å². The zero-order valence-electron chi connectivity index (χ0n) is 12.7. The Morgan fingerprint density at radius 3 is 2.70 bits per heavy atom. The molecule has 3 rings (SSSR count). The third kappa shape index (κ3) is 3.72. The van der Waals surface area contributed by atoms with Crippen molar-refractivity contribution < 1.29 is 0 Å². The quantitative estimate of drug-likeness (QED) is 0.718. The fourth-order valence-corrected chi connectivity index (χ4v) is 3.80. The molecule has 3 N–H and O–H groups in total. The molecule has 0 saturated heterocycles. The lowest BCUT2D eigenvalue weighted by Crippen LogP contribution is -2.30. The summed E-state index contributed by atoms with van der Waals surface area (Å²) in [6.45, 7) is 0.566. The largest absolute Gasteiger partial charge is 0.373 e. The Morgan fingerprint density at radius 1 is 1.26 bits per heavy atom. The van der Waals surface area contributed by atoms with Crippen molar-refractivity contribution in [3.05, 3.63) is 53.2 Å². The molecule has 3 aromatic rings. The minimum Gasteiger partial charge on any atom is -0.373 e. The smallest absolute Gasteiger partial charge is 0.180 e. The standard InChI is InChI=1S/C16H18ClN5S/c1-22-15(16(17)20-21-22)13-7-8-14(23-13)19-12(10-18)9-11-5-3-2-4-6-11/h2-8,12,19H,9-10,18H2,1H3/t12-/m0/s1. The first-order chi connectivity index (χ1) is 11.2. The number of benzene rings is 1. The van der Waals surface area contributed by atoms with E-state index < -0.39 is 0 Å². The van der Waals surface area contributed by atoms with Crippen LogP contribution in [0.25, 0.3) is 10.6 Å². The van der Waals surface area contributed by atoms with E-state index in [9.17, 15) is 0 Å². The fraction of sp³-hybridized carbons (Fsp3) is 0.250. The van der Waals surface area contributed by atoms with Crippen molar-refractivity contribution in [3.63, 3.8) is 0 Å². The highest BCUT2D eigenvalue weighted by Crippen LogP contribution is 2.34. The minimum atomic E-state index is 0.184. The summed E-state index contributed by atoms with van der Waals surface area (Å²) in [5, 5.41) is 12.8. The number of halogens is 1. The van der Waals surface area contributed by atoms with Crippen LogP contribution in [-0.4, -0.2) is 27.6 Å². The van der Waals surface area contributed by atoms with Gasteiger partial charge in [0, 0.05) is 19.6 Å². The molecule has 0 amide bonds. The average Bonchev–Trinajstić information content (AvgIpc) is 3.14. The van der Waals surface area contributed by atoms with Gasteiger partial charge in [-0.1, -0.05) is 47.1 Å². The van der Waals surface area contributed by atoms with Crippen molar-refractivity contribution >= 4 is 27.9 Å². The van der Waals surface area contributed by atoms with Crippen LogP contribution in [0.2, 0.25) is 5.15 Å². The van der Waals surface area contributed by atoms with Crippen molar-refractivity contribution in [2.24, 2.45) is 12.8 Å². The van der Waals surface area contributed by atoms with Gasteiger partial charge in [0.2, 0.25) is 0 Å². The van der Waals surface area contributed by atoms with Crippen LogP contribution < -0.4 is 11.1 Å². The maximum absolute atomic E-state index is 6.10. The van der Waals surface area contributed by atoms with E-state index in [1.54, 1.807) is 16.0 Å². The Labute approximate surface area is 144 Å². The summed E-state index contributed by atoms with van der Waals surface area (Å²) in [6, 6.07) is 14.6. The Morgan fingerprint density at radius 2 is 2.04 bits per heavy atom. The summed E-state index contributed by atoms with van der Waals surface area (Å²) in [4.78, 5) is 1.03. The fourth-order valence-electron chi connectivity index (χ4n) is 2.43. The zero-order chi connectivity index (χ0) is 16.2. The lowest BCUT2D eigenvalue weighted by atomic mass is 10.1. The molecule has 0 radical (unpaired) electrons. The number of hydrogen-bond acceptors (Lipinski definition) is 5. The normalized spacial score (nSPS) is 12.3. The molecule has 2 aromatic heterocycles. The molecule has 0 aliphatic carbocycles. The molecule has 0 spiro atoms. The van der Waals surface area contributed by atoms with Crippen molar-refractivity contribution in [2.45, 2.75) is 12.5 Å². The van der Waals surface area contributed by atoms with Crippen molar-refractivity contribution in [1.82, 2.24) is 15.0 Å². The highest BCUT2D eigenvalue weighted by molar-refractivity contribution is 7.19. The lowest BCUT2D eigenvalue weighted by Gasteiger charge is -2.16. The van der Waals surface area contributed by atoms with E-state index >= 15 is 0 Å². The van der Waals surface area contributed by atoms with Gasteiger partial charge in [0.15, 0.2) is 5.15 Å². The van der Waals surface area contributed by atoms with E-state index in [0.29, 0.717) is 11.7 Å². The molecule has 23 heavy (non-hydrogen) atoms. The second-order valence-electron chi connectivity index (χ2n) is 5.28. The van der Waals surface area contributed by atoms with Crippen LogP contribution in [-0.2, 0) is 13.5 Å². The molecule has 2 heterocycles. The van der Waals surface area contributed by atoms with Crippen LogP contribution in [0.15, 0.2) is 42.5 Å². The van der Waals surface area contributed by atoms with Gasteiger partial charge in [0.1, 0.15) is 5.69 Å². The predicted octanol–water partition coefficient (Wildman–Crippen LogP) is 3.18. The topological polar surface area (TPSA) is 68.8 Å². The predicted molar refractivity (Wildman–Crippen MR) is 95.9 cm³/mol. The molecule has 120 valence electrons. The maximum Gasteiger partial charge on any atom is 0.180 e. The van der Waals surface area contributed by atoms with E-state index in [0.717, 1.165) is 22.0 Å². The Kier molecular flexibility index (Phi) is 4.95. The number of nitrogens with two attached hydrogens (primary N) is 1. The Balaban J connectivity index is 1.73. The van der Waals surface area contributed by atoms with E-state index in [2.05, 4.69) is 27.8 Å². The molecular formula is C16H18ClN5S. The van der Waals surface area contributed by atoms with Crippen LogP contribution in [0.1, 0.15) is 5.56 Å². The van der Waals surface area contributed by atoms with Crippen LogP contribution in [0, 0.1) is 0 Å². The maximum atomic E-state index is 6.10. The van der Waals surface area contributed by atoms with Gasteiger partial charge in [-0.2, -0.15) is 0 Å². The van der Waals surface area contributed by atoms with Crippen LogP contribution in [0.5, 0.6) is 0 Å². The molecule has 7 heteroatoms. The van der Waals surface area contributed by atoms with Gasteiger partial charge in [-0.25, -0.2) is 4.68 Å². The monoisotopic (exact) mass is 347 g/mol. The summed E-state index contributed by atoms with van der Waals surface area (Å²) in [5.74, 6) is 0. The van der Waals surface area contributed by atoms with E-state index in [4.69, 9.17) is 17.3 Å². The van der Waals surface area contributed by atoms with E-state index in [-0.39, 0.29) is 6.04 Å². The summed E-state index contributed by atoms with van der Waals surface area (Å²) >= 11 is 7.72. The molecular weight excluding hydrogens is 330 g/mol. The van der Waals surface area contributed by atoms with E-state index in [1.165, 1.54) is 5.56 Å². The van der Waals surface area contributed by atoms with Crippen LogP contribution in [0.3, 0.4) is 0 Å². The molecule has 1 aromatic carbocycles. The van der Waals surface area contributed by atoms with Gasteiger partial charge in [0.05, 0.1) is 9.88 Å². The third-order valence-corrected chi connectivity index (χ3v) is 4.86. The highest BCUT2D eigenvalue weighted by atomic mass is 35.5. The molecule has 0 fully saturated rings. The summed E-state index contributed by atoms with van der Waals surface area (Å²) in [6.07, 6.45) is 0.887. The number of nitrogens with zero attached hydrogens (tertiary/aromatic N) is 3. The first-order valence-electron chi connectivity index (χ1n) is 7.33. The van der Waals surface area contributed by atoms with Gasteiger partial charge < -0.3 is 11.1 Å². The minimum absolute atomic E-state index is 0.184. The SMILES string of the molecule is Cn1nnc(Cl)c1-c1ccc(N[C@H](CN)Cc2ccccc2)s1. The van der Waals surface area contributed by atoms with Gasteiger partial charge in [-0.05, 0) is 24.1 Å². The van der Waals surface area contributed by atoms with Crippen LogP contribution >= 0.6 is 22.9 Å². The van der Waals surface area contributed by atoms with Crippen molar-refractivity contribution in [2.75, 3.05) is 11.9 Å². The van der Waals surface area contributed by atoms with Gasteiger partial charge in [-0.15, -0.1) is 16.4 Å². The Bertz CT molecular complexity index is 748. The zero-order valence-corrected chi connectivity index (χ0v) is 14.3. The molecule has 0 unspecified atom stereocenters. The Hall–Kier alpha value is -1.89. The molecule has 1 atom stereocenters. The van der Waals surface area contributed by atoms with Gasteiger partial charge in [-0.3, -0.25) is 0 Å². The van der Waals surface area contributed by atoms with Gasteiger partial charge >= 0.3 is 0 Å². The van der Waals surface area contributed by atoms with Gasteiger partial charge in [0.25, 0.3) is 0 Å². The number of thiophene rings is 1. The summed E-state index contributed by atoms with van der Waals surface area (Å²) < 4.78 is 1.68. The molecule has 0 aliphatic heterocycles. The second kappa shape index (κ2) is 7.12. The highest BCUT2D eigenvalue weighted by Gasteiger charge is 2.15. The average molecular weight is 348 g/mol. The number of rotatable bonds is 6. The molecule has 5 nitrogen and oxygen atoms in total. The number of hydrogen-bond donors (Lipinski definition) is 2. The van der Waals surface area contributed by atoms with Crippen LogP contribution in [0.4, 0.5) is 5.00 Å². The molecule has 0 bridgehead atoms. The van der Waals surface area contributed by atoms with Crippen molar-refractivity contribution in [1.29, 1.82) is 0 Å². The third-order valence-electron chi connectivity index (χ3n) is 3.58. The first-order valence-corrected chi connectivity index (χ1v) is 8.52. The summed E-state index contributed by atoms with van der Waals surface area (Å²) in [7, 11) is 1.83. The number of anilines is 1. The number of nitrogens with one attached hydrogen (secondary N) is 1. The lowest BCUT2D eigenvalue weighted by molar-refractivity contribution is 0.721. The first kappa shape index (κ1) is 16.0. The molecule has 0 aliphatic rings. The number of aryl methyl sites for hydroxylation is 1. The number of aromatic nitrogens is 3. The second-order valence-corrected chi connectivity index (χ2v) is 6.72. The van der Waals surface area contributed by atoms with E-state index in [1.807, 2.05) is 37.4 Å². The summed E-state index contributed by atoms with van der Waals surface area (Å²) in [5.41, 5.74) is 8.02. The molecule has 0 saturated carbocycles.